The molecule has 2 atom stereocenters. The number of carbonyl (C=O) groups is 5. The zero-order valence-corrected chi connectivity index (χ0v) is 40.4. The van der Waals surface area contributed by atoms with E-state index in [-0.39, 0.29) is 61.5 Å². The first kappa shape index (κ1) is 48.7. The van der Waals surface area contributed by atoms with Crippen molar-refractivity contribution in [2.75, 3.05) is 41.0 Å². The van der Waals surface area contributed by atoms with E-state index in [1.165, 1.54) is 16.8 Å². The van der Waals surface area contributed by atoms with Crippen molar-refractivity contribution in [3.05, 3.63) is 95.1 Å². The number of hydrogen-bond donors (Lipinski definition) is 5. The van der Waals surface area contributed by atoms with E-state index in [9.17, 15) is 24.0 Å². The minimum Gasteiger partial charge on any atom is -0.481 e. The lowest BCUT2D eigenvalue weighted by Crippen LogP contribution is -2.42. The van der Waals surface area contributed by atoms with Crippen LogP contribution in [0.1, 0.15) is 115 Å². The Morgan fingerprint density at radius 1 is 0.667 bits per heavy atom. The summed E-state index contributed by atoms with van der Waals surface area (Å²) in [6, 6.07) is 24.6. The van der Waals surface area contributed by atoms with E-state index in [0.29, 0.717) is 31.0 Å². The molecule has 0 bridgehead atoms. The fraction of sp³-hybridized carbons (Fsp3) is 0.463. The molecule has 5 N–H and O–H groups in total. The summed E-state index contributed by atoms with van der Waals surface area (Å²) in [5.74, 6) is 1.28. The molecule has 2 aliphatic carbocycles. The minimum atomic E-state index is -0.924. The molecule has 366 valence electrons. The van der Waals surface area contributed by atoms with Crippen LogP contribution in [0.5, 0.6) is 23.0 Å². The molecule has 2 fully saturated rings. The molecule has 4 heterocycles. The van der Waals surface area contributed by atoms with Gasteiger partial charge in [-0.1, -0.05) is 53.7 Å². The van der Waals surface area contributed by atoms with Crippen molar-refractivity contribution in [3.8, 4) is 23.0 Å². The van der Waals surface area contributed by atoms with Crippen LogP contribution in [0, 0.1) is 10.8 Å². The smallest absolute Gasteiger partial charge is 0.303 e. The van der Waals surface area contributed by atoms with Gasteiger partial charge in [-0.25, -0.2) is 0 Å². The van der Waals surface area contributed by atoms with Crippen molar-refractivity contribution in [1.29, 1.82) is 0 Å². The number of nitrogens with zero attached hydrogens (tertiary/aromatic N) is 1. The molecule has 0 spiro atoms. The van der Waals surface area contributed by atoms with Crippen molar-refractivity contribution < 1.29 is 53.1 Å². The summed E-state index contributed by atoms with van der Waals surface area (Å²) in [5.41, 5.74) is 7.69. The minimum absolute atomic E-state index is 0.00926. The van der Waals surface area contributed by atoms with E-state index in [1.54, 1.807) is 0 Å². The number of carboxylic acid groups (broad SMARTS) is 2. The number of aliphatic carboxylic acids is 2. The Balaban J connectivity index is 0.000000166. The lowest BCUT2D eigenvalue weighted by molar-refractivity contribution is -0.138. The van der Waals surface area contributed by atoms with Gasteiger partial charge < -0.3 is 54.8 Å². The molecule has 15 heteroatoms. The van der Waals surface area contributed by atoms with E-state index >= 15 is 0 Å². The third-order valence-electron chi connectivity index (χ3n) is 14.1. The van der Waals surface area contributed by atoms with Crippen LogP contribution in [0.25, 0.3) is 0 Å². The van der Waals surface area contributed by atoms with Crippen molar-refractivity contribution in [1.82, 2.24) is 0 Å². The highest BCUT2D eigenvalue weighted by atomic mass is 16.7. The molecule has 0 aromatic heterocycles. The first-order valence-corrected chi connectivity index (χ1v) is 23.9. The van der Waals surface area contributed by atoms with Gasteiger partial charge in [-0.2, -0.15) is 0 Å². The third-order valence-corrected chi connectivity index (χ3v) is 14.1. The van der Waals surface area contributed by atoms with Crippen LogP contribution in [0.15, 0.2) is 72.8 Å². The number of fused-ring (bicyclic) bond motifs is 4. The van der Waals surface area contributed by atoms with Gasteiger partial charge >= 0.3 is 11.9 Å². The number of nitrogens with one attached hydrogen (secondary N) is 3. The maximum Gasteiger partial charge on any atom is 0.303 e. The lowest BCUT2D eigenvalue weighted by atomic mass is 9.84. The molecule has 69 heavy (non-hydrogen) atoms. The molecule has 0 saturated heterocycles. The Morgan fingerprint density at radius 2 is 1.19 bits per heavy atom. The number of carboxylic acids is 2. The fourth-order valence-electron chi connectivity index (χ4n) is 9.62. The molecular weight excluding hydrogens is 881 g/mol. The van der Waals surface area contributed by atoms with Gasteiger partial charge in [0.25, 0.3) is 0 Å². The highest BCUT2D eigenvalue weighted by Crippen LogP contribution is 2.53. The van der Waals surface area contributed by atoms with Crippen LogP contribution in [-0.2, 0) is 47.6 Å². The maximum atomic E-state index is 13.3. The van der Waals surface area contributed by atoms with E-state index in [4.69, 9.17) is 29.2 Å². The monoisotopic (exact) mass is 944 g/mol. The van der Waals surface area contributed by atoms with Crippen LogP contribution < -0.4 is 39.8 Å². The Labute approximate surface area is 403 Å². The van der Waals surface area contributed by atoms with Gasteiger partial charge in [0.15, 0.2) is 23.0 Å². The van der Waals surface area contributed by atoms with Crippen molar-refractivity contribution >= 4 is 52.8 Å². The van der Waals surface area contributed by atoms with Gasteiger partial charge in [-0.15, -0.1) is 0 Å². The lowest BCUT2D eigenvalue weighted by Gasteiger charge is -2.37. The van der Waals surface area contributed by atoms with Gasteiger partial charge in [0.2, 0.25) is 25.4 Å². The summed E-state index contributed by atoms with van der Waals surface area (Å²) in [7, 11) is 0. The molecule has 2 unspecified atom stereocenters. The summed E-state index contributed by atoms with van der Waals surface area (Å²) < 4.78 is 21.8. The fourth-order valence-corrected chi connectivity index (χ4v) is 9.62. The molecule has 10 rings (SSSR count). The van der Waals surface area contributed by atoms with Crippen molar-refractivity contribution in [3.63, 3.8) is 0 Å². The van der Waals surface area contributed by atoms with Crippen LogP contribution in [-0.4, -0.2) is 72.5 Å². The van der Waals surface area contributed by atoms with Crippen LogP contribution in [0.3, 0.4) is 0 Å². The molecule has 0 radical (unpaired) electrons. The number of hydrogen-bond acceptors (Lipinski definition) is 11. The average Bonchev–Trinajstić information content (AvgIpc) is 4.03. The Hall–Kier alpha value is -6.77. The molecule has 2 saturated carbocycles. The van der Waals surface area contributed by atoms with Gasteiger partial charge in [-0.05, 0) is 139 Å². The van der Waals surface area contributed by atoms with Gasteiger partial charge in [0.05, 0.1) is 17.3 Å². The van der Waals surface area contributed by atoms with Gasteiger partial charge in [0.1, 0.15) is 6.29 Å². The Bertz CT molecular complexity index is 2620. The predicted octanol–water partition coefficient (Wildman–Crippen LogP) is 9.25. The summed E-state index contributed by atoms with van der Waals surface area (Å²) in [4.78, 5) is 58.9. The van der Waals surface area contributed by atoms with Crippen LogP contribution in [0.4, 0.5) is 22.7 Å². The molecule has 15 nitrogen and oxygen atoms in total. The first-order chi connectivity index (χ1) is 32.8. The molecule has 2 amide bonds. The Morgan fingerprint density at radius 3 is 1.67 bits per heavy atom. The predicted molar refractivity (Wildman–Crippen MR) is 262 cm³/mol. The zero-order valence-electron chi connectivity index (χ0n) is 40.4. The number of aldehydes is 1. The largest absolute Gasteiger partial charge is 0.481 e. The zero-order chi connectivity index (χ0) is 49.3. The third kappa shape index (κ3) is 10.8. The van der Waals surface area contributed by atoms with E-state index in [2.05, 4.69) is 86.7 Å². The summed E-state index contributed by atoms with van der Waals surface area (Å²) in [6.45, 7) is 14.6. The second-order valence-corrected chi connectivity index (χ2v) is 21.1. The maximum absolute atomic E-state index is 13.3. The van der Waals surface area contributed by atoms with Crippen LogP contribution >= 0.6 is 0 Å². The second-order valence-electron chi connectivity index (χ2n) is 21.1. The summed E-state index contributed by atoms with van der Waals surface area (Å²) >= 11 is 0. The topological polar surface area (TPSA) is 202 Å². The van der Waals surface area contributed by atoms with E-state index in [0.717, 1.165) is 84.0 Å². The van der Waals surface area contributed by atoms with Gasteiger partial charge in [0, 0.05) is 54.2 Å². The molecule has 4 aromatic rings. The Kier molecular flexibility index (Phi) is 13.6. The second kappa shape index (κ2) is 19.3. The number of carbonyl (C=O) groups excluding carboxylic acids is 3. The average molecular weight is 945 g/mol. The number of anilines is 4. The molecule has 4 aromatic carbocycles. The van der Waals surface area contributed by atoms with E-state index < -0.39 is 22.8 Å². The highest BCUT2D eigenvalue weighted by Gasteiger charge is 2.53. The van der Waals surface area contributed by atoms with Gasteiger partial charge in [-0.3, -0.25) is 19.2 Å². The van der Waals surface area contributed by atoms with Crippen molar-refractivity contribution in [2.24, 2.45) is 10.8 Å². The number of amides is 2. The molecule has 4 aliphatic heterocycles. The standard InChI is InChI=1S/C27H32N2O5.C23H26N2O3.C4H6O3/c1-26(2,3)23-14-17-13-19(7-8-20(17)29(23)12-4-5-24(30)31)28-25(32)27(10-11-27)18-6-9-21-22(15-18)34-16-33-21;1-22(2,3)20-11-14-10-16(5-6-17(14)25-20)24-21(26)23(8-9-23)15-4-7-18-19(12-15)28-13-27-18;5-3-1-2-4(6)7/h6-9,13,15,23H,4-5,10-12,14,16H2,1-3H3,(H,28,32)(H,30,31);4-7,10,12,20,25H,8-9,11,13H2,1-3H3,(H,24,26);3H,1-2H2,(H,6,7). The van der Waals surface area contributed by atoms with E-state index in [1.807, 2.05) is 48.5 Å². The number of benzene rings is 4. The first-order valence-electron chi connectivity index (χ1n) is 23.9. The highest BCUT2D eigenvalue weighted by molar-refractivity contribution is 6.02. The van der Waals surface area contributed by atoms with Crippen LogP contribution in [0.2, 0.25) is 0 Å². The number of ether oxygens (including phenoxy) is 4. The molecule has 6 aliphatic rings. The van der Waals surface area contributed by atoms with Crippen molar-refractivity contribution in [2.45, 2.75) is 129 Å². The quantitative estimate of drug-likeness (QED) is 0.0795. The number of rotatable bonds is 13. The summed E-state index contributed by atoms with van der Waals surface area (Å²) in [5, 5.41) is 26.9. The SMILES string of the molecule is CC(C)(C)C1Cc2cc(NC(=O)C3(c4ccc5c(c4)OCO5)CC3)ccc2N1.CC(C)(C)C1Cc2cc(NC(=O)C3(c4ccc5c(c4)OCO5)CC3)ccc2N1CCCC(=O)O.O=CCCC(=O)O. The molecular formula is C54H64N4O11. The summed E-state index contributed by atoms with van der Waals surface area (Å²) in [6.07, 6.45) is 6.64. The normalized spacial score (nSPS) is 19.0.